The van der Waals surface area contributed by atoms with Gasteiger partial charge in [0.15, 0.2) is 0 Å². The maximum atomic E-state index is 12.1. The fraction of sp³-hybridized carbons (Fsp3) is 0.143. The van der Waals surface area contributed by atoms with E-state index in [0.29, 0.717) is 5.56 Å². The van der Waals surface area contributed by atoms with E-state index in [1.807, 2.05) is 0 Å². The predicted molar refractivity (Wildman–Crippen MR) is 82.3 cm³/mol. The van der Waals surface area contributed by atoms with E-state index in [4.69, 9.17) is 4.74 Å². The average Bonchev–Trinajstić information content (AvgIpc) is 2.47. The average molecular weight is 322 g/mol. The molecule has 0 heterocycles. The van der Waals surface area contributed by atoms with Crippen LogP contribution in [0.25, 0.3) is 0 Å². The van der Waals surface area contributed by atoms with Crippen molar-refractivity contribution in [3.05, 3.63) is 64.2 Å². The summed E-state index contributed by atoms with van der Waals surface area (Å²) < 4.78 is 31.4. The Morgan fingerprint density at radius 1 is 1.18 bits per heavy atom. The fourth-order valence-corrected chi connectivity index (χ4v) is 3.08. The molecule has 22 heavy (non-hydrogen) atoms. The molecule has 116 valence electrons. The molecular formula is C14H14N2O5S. The Labute approximate surface area is 127 Å². The predicted octanol–water partition coefficient (Wildman–Crippen LogP) is 2.55. The highest BCUT2D eigenvalue weighted by Gasteiger charge is 2.20. The van der Waals surface area contributed by atoms with Crippen LogP contribution in [0.1, 0.15) is 5.56 Å². The zero-order valence-electron chi connectivity index (χ0n) is 11.7. The topological polar surface area (TPSA) is 98.5 Å². The molecule has 0 aromatic heterocycles. The molecule has 1 N–H and O–H groups in total. The molecule has 0 radical (unpaired) electrons. The lowest BCUT2D eigenvalue weighted by Crippen LogP contribution is -2.16. The molecule has 2 aromatic rings. The number of nitrogens with zero attached hydrogens (tertiary/aromatic N) is 1. The first-order chi connectivity index (χ1) is 10.4. The number of nitrogens with one attached hydrogen (secondary N) is 1. The molecule has 0 saturated carbocycles. The van der Waals surface area contributed by atoms with Crippen molar-refractivity contribution in [3.8, 4) is 5.75 Å². The first-order valence-corrected chi connectivity index (χ1v) is 7.93. The van der Waals surface area contributed by atoms with Crippen molar-refractivity contribution in [1.82, 2.24) is 0 Å². The van der Waals surface area contributed by atoms with Crippen LogP contribution in [0.2, 0.25) is 0 Å². The Morgan fingerprint density at radius 2 is 1.86 bits per heavy atom. The molecular weight excluding hydrogens is 308 g/mol. The molecule has 0 spiro atoms. The third-order valence-corrected chi connectivity index (χ3v) is 4.11. The molecule has 0 amide bonds. The van der Waals surface area contributed by atoms with Crippen LogP contribution < -0.4 is 9.46 Å². The van der Waals surface area contributed by atoms with Crippen molar-refractivity contribution in [2.24, 2.45) is 0 Å². The van der Waals surface area contributed by atoms with Crippen LogP contribution >= 0.6 is 0 Å². The van der Waals surface area contributed by atoms with Gasteiger partial charge in [-0.25, -0.2) is 8.42 Å². The van der Waals surface area contributed by atoms with Gasteiger partial charge in [-0.3, -0.25) is 14.8 Å². The van der Waals surface area contributed by atoms with Crippen molar-refractivity contribution in [2.45, 2.75) is 5.75 Å². The molecule has 0 aliphatic carbocycles. The van der Waals surface area contributed by atoms with Gasteiger partial charge >= 0.3 is 0 Å². The maximum absolute atomic E-state index is 12.1. The lowest BCUT2D eigenvalue weighted by atomic mass is 10.2. The third-order valence-electron chi connectivity index (χ3n) is 2.87. The van der Waals surface area contributed by atoms with E-state index in [1.54, 1.807) is 30.3 Å². The van der Waals surface area contributed by atoms with Gasteiger partial charge in [-0.2, -0.15) is 0 Å². The Balaban J connectivity index is 2.27. The zero-order valence-corrected chi connectivity index (χ0v) is 12.5. The number of anilines is 1. The Hall–Kier alpha value is -2.61. The minimum atomic E-state index is -3.76. The summed E-state index contributed by atoms with van der Waals surface area (Å²) in [7, 11) is -2.39. The smallest absolute Gasteiger partial charge is 0.297 e. The fourth-order valence-electron chi connectivity index (χ4n) is 1.87. The second-order valence-corrected chi connectivity index (χ2v) is 6.21. The van der Waals surface area contributed by atoms with Crippen molar-refractivity contribution in [2.75, 3.05) is 11.8 Å². The van der Waals surface area contributed by atoms with E-state index >= 15 is 0 Å². The quantitative estimate of drug-likeness (QED) is 0.651. The van der Waals surface area contributed by atoms with Gasteiger partial charge in [-0.05, 0) is 17.7 Å². The summed E-state index contributed by atoms with van der Waals surface area (Å²) in [4.78, 5) is 10.4. The monoisotopic (exact) mass is 322 g/mol. The van der Waals surface area contributed by atoms with E-state index in [1.165, 1.54) is 25.3 Å². The SMILES string of the molecule is COc1ccc(NS(=O)(=O)Cc2ccccc2)c([N+](=O)[O-])c1. The molecule has 0 fully saturated rings. The number of sulfonamides is 1. The van der Waals surface area contributed by atoms with Gasteiger partial charge in [-0.1, -0.05) is 30.3 Å². The van der Waals surface area contributed by atoms with Gasteiger partial charge in [-0.15, -0.1) is 0 Å². The lowest BCUT2D eigenvalue weighted by molar-refractivity contribution is -0.384. The van der Waals surface area contributed by atoms with Gasteiger partial charge < -0.3 is 4.74 Å². The number of hydrogen-bond donors (Lipinski definition) is 1. The highest BCUT2D eigenvalue weighted by molar-refractivity contribution is 7.91. The minimum absolute atomic E-state index is 0.0956. The number of hydrogen-bond acceptors (Lipinski definition) is 5. The van der Waals surface area contributed by atoms with Gasteiger partial charge in [0.1, 0.15) is 11.4 Å². The largest absolute Gasteiger partial charge is 0.496 e. The summed E-state index contributed by atoms with van der Waals surface area (Å²) in [6, 6.07) is 12.5. The van der Waals surface area contributed by atoms with Crippen molar-refractivity contribution >= 4 is 21.4 Å². The summed E-state index contributed by atoms with van der Waals surface area (Å²) in [5.74, 6) is 0.00881. The molecule has 2 rings (SSSR count). The molecule has 0 bridgehead atoms. The van der Waals surface area contributed by atoms with Crippen LogP contribution in [0.4, 0.5) is 11.4 Å². The summed E-state index contributed by atoms with van der Waals surface area (Å²) >= 11 is 0. The van der Waals surface area contributed by atoms with Gasteiger partial charge in [0.05, 0.1) is 23.9 Å². The van der Waals surface area contributed by atoms with E-state index in [2.05, 4.69) is 4.72 Å². The molecule has 0 aliphatic rings. The second-order valence-electron chi connectivity index (χ2n) is 4.49. The number of benzene rings is 2. The molecule has 7 nitrogen and oxygen atoms in total. The number of nitro benzene ring substituents is 1. The number of ether oxygens (including phenoxy) is 1. The Bertz CT molecular complexity index is 775. The summed E-state index contributed by atoms with van der Waals surface area (Å²) in [5, 5.41) is 11.0. The zero-order chi connectivity index (χ0) is 16.2. The van der Waals surface area contributed by atoms with E-state index in [0.717, 1.165) is 0 Å². The van der Waals surface area contributed by atoms with Crippen LogP contribution in [0.15, 0.2) is 48.5 Å². The second kappa shape index (κ2) is 6.44. The standard InChI is InChI=1S/C14H14N2O5S/c1-21-12-7-8-13(14(9-12)16(17)18)15-22(19,20)10-11-5-3-2-4-6-11/h2-9,15H,10H2,1H3. The van der Waals surface area contributed by atoms with Crippen LogP contribution in [0, 0.1) is 10.1 Å². The van der Waals surface area contributed by atoms with Gasteiger partial charge in [0, 0.05) is 0 Å². The van der Waals surface area contributed by atoms with Crippen LogP contribution in [-0.2, 0) is 15.8 Å². The normalized spacial score (nSPS) is 11.0. The van der Waals surface area contributed by atoms with E-state index in [-0.39, 0.29) is 22.9 Å². The third kappa shape index (κ3) is 3.95. The van der Waals surface area contributed by atoms with Gasteiger partial charge in [0.25, 0.3) is 5.69 Å². The number of rotatable bonds is 6. The molecule has 8 heteroatoms. The number of methoxy groups -OCH3 is 1. The molecule has 0 aliphatic heterocycles. The molecule has 0 unspecified atom stereocenters. The minimum Gasteiger partial charge on any atom is -0.496 e. The highest BCUT2D eigenvalue weighted by atomic mass is 32.2. The van der Waals surface area contributed by atoms with Crippen LogP contribution in [-0.4, -0.2) is 20.5 Å². The van der Waals surface area contributed by atoms with Crippen LogP contribution in [0.3, 0.4) is 0 Å². The molecule has 0 saturated heterocycles. The van der Waals surface area contributed by atoms with Crippen molar-refractivity contribution < 1.29 is 18.1 Å². The van der Waals surface area contributed by atoms with E-state index in [9.17, 15) is 18.5 Å². The maximum Gasteiger partial charge on any atom is 0.297 e. The van der Waals surface area contributed by atoms with Crippen molar-refractivity contribution in [1.29, 1.82) is 0 Å². The number of nitro groups is 1. The Kier molecular flexibility index (Phi) is 4.62. The first kappa shape index (κ1) is 15.8. The first-order valence-electron chi connectivity index (χ1n) is 6.28. The van der Waals surface area contributed by atoms with Crippen molar-refractivity contribution in [3.63, 3.8) is 0 Å². The van der Waals surface area contributed by atoms with E-state index < -0.39 is 14.9 Å². The summed E-state index contributed by atoms with van der Waals surface area (Å²) in [5.41, 5.74) is 0.129. The summed E-state index contributed by atoms with van der Waals surface area (Å²) in [6.45, 7) is 0. The van der Waals surface area contributed by atoms with Crippen LogP contribution in [0.5, 0.6) is 5.75 Å². The molecule has 2 aromatic carbocycles. The lowest BCUT2D eigenvalue weighted by Gasteiger charge is -2.09. The molecule has 0 atom stereocenters. The van der Waals surface area contributed by atoms with Gasteiger partial charge in [0.2, 0.25) is 10.0 Å². The summed E-state index contributed by atoms with van der Waals surface area (Å²) in [6.07, 6.45) is 0. The highest BCUT2D eigenvalue weighted by Crippen LogP contribution is 2.30. The Morgan fingerprint density at radius 3 is 2.45 bits per heavy atom.